The number of aromatic nitrogens is 1. The number of aryl methyl sites for hydroxylation is 1. The van der Waals surface area contributed by atoms with Crippen molar-refractivity contribution in [3.8, 4) is 5.75 Å². The second kappa shape index (κ2) is 8.44. The van der Waals surface area contributed by atoms with E-state index in [9.17, 15) is 8.42 Å². The summed E-state index contributed by atoms with van der Waals surface area (Å²) in [4.78, 5) is 4.41. The molecule has 0 spiro atoms. The van der Waals surface area contributed by atoms with Crippen LogP contribution in [0.15, 0.2) is 65.0 Å². The molecular weight excluding hydrogens is 370 g/mol. The molecule has 1 aromatic heterocycles. The van der Waals surface area contributed by atoms with E-state index in [1.165, 1.54) is 12.1 Å². The number of hydrogen-bond acceptors (Lipinski definition) is 6. The first-order valence-corrected chi connectivity index (χ1v) is 10.4. The van der Waals surface area contributed by atoms with Crippen LogP contribution in [-0.4, -0.2) is 26.6 Å². The van der Waals surface area contributed by atoms with Crippen LogP contribution in [0.2, 0.25) is 0 Å². The van der Waals surface area contributed by atoms with Gasteiger partial charge >= 0.3 is 0 Å². The molecule has 7 heteroatoms. The fourth-order valence-corrected chi connectivity index (χ4v) is 3.84. The van der Waals surface area contributed by atoms with E-state index >= 15 is 0 Å². The molecule has 0 amide bonds. The summed E-state index contributed by atoms with van der Waals surface area (Å²) in [6.45, 7) is 2.00. The predicted octanol–water partition coefficient (Wildman–Crippen LogP) is 3.83. The van der Waals surface area contributed by atoms with Crippen molar-refractivity contribution in [1.82, 2.24) is 4.98 Å². The third kappa shape index (κ3) is 5.14. The monoisotopic (exact) mass is 389 g/mol. The van der Waals surface area contributed by atoms with Crippen LogP contribution in [0.5, 0.6) is 5.75 Å². The van der Waals surface area contributed by atoms with Crippen molar-refractivity contribution in [1.29, 1.82) is 0 Å². The van der Waals surface area contributed by atoms with Gasteiger partial charge in [0.2, 0.25) is 0 Å². The molecule has 0 saturated heterocycles. The maximum absolute atomic E-state index is 12.1. The Kier molecular flexibility index (Phi) is 6.03. The van der Waals surface area contributed by atoms with Gasteiger partial charge in [0, 0.05) is 18.0 Å². The molecule has 0 N–H and O–H groups in total. The van der Waals surface area contributed by atoms with E-state index in [4.69, 9.17) is 8.92 Å². The van der Waals surface area contributed by atoms with Crippen molar-refractivity contribution < 1.29 is 17.3 Å². The smallest absolute Gasteiger partial charge is 0.297 e. The van der Waals surface area contributed by atoms with Gasteiger partial charge in [-0.05, 0) is 36.8 Å². The summed E-state index contributed by atoms with van der Waals surface area (Å²) >= 11 is 1.62. The first kappa shape index (κ1) is 18.6. The highest BCUT2D eigenvalue weighted by Crippen LogP contribution is 2.17. The van der Waals surface area contributed by atoms with Crippen molar-refractivity contribution >= 4 is 21.5 Å². The summed E-state index contributed by atoms with van der Waals surface area (Å²) < 4.78 is 34.7. The number of thiazole rings is 1. The quantitative estimate of drug-likeness (QED) is 0.433. The summed E-state index contributed by atoms with van der Waals surface area (Å²) in [6, 6.07) is 14.2. The van der Waals surface area contributed by atoms with E-state index in [1.54, 1.807) is 29.7 Å². The van der Waals surface area contributed by atoms with Crippen molar-refractivity contribution in [2.75, 3.05) is 13.2 Å². The summed E-state index contributed by atoms with van der Waals surface area (Å²) in [5.74, 6) is 0.671. The van der Waals surface area contributed by atoms with Crippen LogP contribution < -0.4 is 4.74 Å². The number of ether oxygens (including phenoxy) is 1. The van der Waals surface area contributed by atoms with Gasteiger partial charge in [-0.15, -0.1) is 11.3 Å². The Morgan fingerprint density at radius 2 is 1.73 bits per heavy atom. The summed E-state index contributed by atoms with van der Waals surface area (Å²) in [7, 11) is -3.75. The molecule has 0 fully saturated rings. The van der Waals surface area contributed by atoms with Crippen molar-refractivity contribution in [3.63, 3.8) is 0 Å². The van der Waals surface area contributed by atoms with E-state index in [2.05, 4.69) is 4.98 Å². The molecule has 2 aromatic carbocycles. The van der Waals surface area contributed by atoms with E-state index in [0.717, 1.165) is 22.6 Å². The zero-order chi connectivity index (χ0) is 18.4. The van der Waals surface area contributed by atoms with Gasteiger partial charge in [0.25, 0.3) is 10.1 Å². The molecule has 3 aromatic rings. The van der Waals surface area contributed by atoms with Crippen LogP contribution in [0.25, 0.3) is 0 Å². The van der Waals surface area contributed by atoms with Gasteiger partial charge in [0.05, 0.1) is 9.90 Å². The van der Waals surface area contributed by atoms with Gasteiger partial charge in [0.15, 0.2) is 0 Å². The first-order valence-electron chi connectivity index (χ1n) is 8.09. The fourth-order valence-electron chi connectivity index (χ4n) is 2.29. The van der Waals surface area contributed by atoms with Crippen molar-refractivity contribution in [3.05, 3.63) is 76.2 Å². The fraction of sp³-hybridized carbons (Fsp3) is 0.211. The average molecular weight is 389 g/mol. The normalized spacial score (nSPS) is 11.4. The maximum Gasteiger partial charge on any atom is 0.297 e. The summed E-state index contributed by atoms with van der Waals surface area (Å²) in [5.41, 5.74) is 2.14. The van der Waals surface area contributed by atoms with Crippen LogP contribution in [0, 0.1) is 6.92 Å². The molecule has 0 atom stereocenters. The van der Waals surface area contributed by atoms with Crippen LogP contribution in [-0.2, 0) is 20.7 Å². The Balaban J connectivity index is 1.46. The Bertz CT molecular complexity index is 919. The highest BCUT2D eigenvalue weighted by molar-refractivity contribution is 7.86. The standard InChI is InChI=1S/C19H19NO4S2/c1-15-2-8-18(9-3-15)26(21,22)24-12-11-23-17-6-4-16(5-7-17)14-19-20-10-13-25-19/h2-10,13H,11-12,14H2,1H3. The molecule has 5 nitrogen and oxygen atoms in total. The van der Waals surface area contributed by atoms with Gasteiger partial charge in [-0.3, -0.25) is 4.18 Å². The zero-order valence-corrected chi connectivity index (χ0v) is 15.9. The lowest BCUT2D eigenvalue weighted by Gasteiger charge is -2.08. The topological polar surface area (TPSA) is 65.5 Å². The second-order valence-corrected chi connectivity index (χ2v) is 8.28. The van der Waals surface area contributed by atoms with Crippen LogP contribution in [0.1, 0.15) is 16.1 Å². The SMILES string of the molecule is Cc1ccc(S(=O)(=O)OCCOc2ccc(Cc3nccs3)cc2)cc1. The summed E-state index contributed by atoms with van der Waals surface area (Å²) in [6.07, 6.45) is 2.58. The first-order chi connectivity index (χ1) is 12.5. The van der Waals surface area contributed by atoms with Gasteiger partial charge in [-0.1, -0.05) is 29.8 Å². The van der Waals surface area contributed by atoms with Crippen LogP contribution in [0.3, 0.4) is 0 Å². The van der Waals surface area contributed by atoms with E-state index in [0.29, 0.717) is 5.75 Å². The lowest BCUT2D eigenvalue weighted by molar-refractivity contribution is 0.221. The maximum atomic E-state index is 12.1. The van der Waals surface area contributed by atoms with Gasteiger partial charge in [-0.25, -0.2) is 4.98 Å². The Labute approximate surface area is 157 Å². The van der Waals surface area contributed by atoms with Gasteiger partial charge in [-0.2, -0.15) is 8.42 Å². The van der Waals surface area contributed by atoms with Gasteiger partial charge in [0.1, 0.15) is 19.0 Å². The minimum atomic E-state index is -3.75. The van der Waals surface area contributed by atoms with E-state index in [-0.39, 0.29) is 18.1 Å². The molecular formula is C19H19NO4S2. The predicted molar refractivity (Wildman–Crippen MR) is 101 cm³/mol. The van der Waals surface area contributed by atoms with Gasteiger partial charge < -0.3 is 4.74 Å². The molecule has 0 saturated carbocycles. The molecule has 0 aliphatic heterocycles. The van der Waals surface area contributed by atoms with Crippen LogP contribution >= 0.6 is 11.3 Å². The van der Waals surface area contributed by atoms with Crippen molar-refractivity contribution in [2.24, 2.45) is 0 Å². The Hall–Kier alpha value is -2.22. The second-order valence-electron chi connectivity index (χ2n) is 5.68. The molecule has 0 unspecified atom stereocenters. The van der Waals surface area contributed by atoms with Crippen molar-refractivity contribution in [2.45, 2.75) is 18.2 Å². The number of nitrogens with zero attached hydrogens (tertiary/aromatic N) is 1. The number of hydrogen-bond donors (Lipinski definition) is 0. The molecule has 1 heterocycles. The molecule has 3 rings (SSSR count). The largest absolute Gasteiger partial charge is 0.491 e. The van der Waals surface area contributed by atoms with E-state index < -0.39 is 10.1 Å². The van der Waals surface area contributed by atoms with E-state index in [1.807, 2.05) is 36.6 Å². The molecule has 136 valence electrons. The Morgan fingerprint density at radius 1 is 1.00 bits per heavy atom. The average Bonchev–Trinajstić information content (AvgIpc) is 3.13. The molecule has 0 aliphatic carbocycles. The highest BCUT2D eigenvalue weighted by Gasteiger charge is 2.14. The lowest BCUT2D eigenvalue weighted by Crippen LogP contribution is -2.13. The minimum absolute atomic E-state index is 0.0446. The highest BCUT2D eigenvalue weighted by atomic mass is 32.2. The zero-order valence-electron chi connectivity index (χ0n) is 14.3. The number of rotatable bonds is 8. The third-order valence-corrected chi connectivity index (χ3v) is 5.77. The summed E-state index contributed by atoms with van der Waals surface area (Å²) in [5, 5.41) is 3.02. The Morgan fingerprint density at radius 3 is 2.38 bits per heavy atom. The molecule has 26 heavy (non-hydrogen) atoms. The minimum Gasteiger partial charge on any atom is -0.491 e. The molecule has 0 aliphatic rings. The molecule has 0 radical (unpaired) electrons. The lowest BCUT2D eigenvalue weighted by atomic mass is 10.1. The van der Waals surface area contributed by atoms with Crippen LogP contribution in [0.4, 0.5) is 0 Å². The molecule has 0 bridgehead atoms. The number of benzene rings is 2. The third-order valence-electron chi connectivity index (χ3n) is 3.66.